The molecule has 6 heteroatoms. The molecule has 22 heavy (non-hydrogen) atoms. The van der Waals surface area contributed by atoms with Crippen molar-refractivity contribution < 1.29 is 19.1 Å². The molecule has 2 fully saturated rings. The normalized spacial score (nSPS) is 21.5. The van der Waals surface area contributed by atoms with Crippen molar-refractivity contribution in [2.45, 2.75) is 18.9 Å². The van der Waals surface area contributed by atoms with Crippen molar-refractivity contribution in [3.05, 3.63) is 29.8 Å². The van der Waals surface area contributed by atoms with E-state index in [2.05, 4.69) is 5.32 Å². The molecule has 118 valence electrons. The molecule has 1 atom stereocenters. The summed E-state index contributed by atoms with van der Waals surface area (Å²) in [4.78, 5) is 25.6. The van der Waals surface area contributed by atoms with E-state index >= 15 is 0 Å². The summed E-state index contributed by atoms with van der Waals surface area (Å²) in [5, 5.41) is 2.71. The van der Waals surface area contributed by atoms with E-state index in [1.54, 1.807) is 23.1 Å². The van der Waals surface area contributed by atoms with Gasteiger partial charge in [0.2, 0.25) is 5.91 Å². The van der Waals surface area contributed by atoms with E-state index in [4.69, 9.17) is 9.47 Å². The van der Waals surface area contributed by atoms with Crippen LogP contribution in [0.1, 0.15) is 23.2 Å². The molecule has 0 aliphatic carbocycles. The van der Waals surface area contributed by atoms with E-state index < -0.39 is 0 Å². The first-order valence-electron chi connectivity index (χ1n) is 7.63. The van der Waals surface area contributed by atoms with Crippen LogP contribution in [-0.4, -0.2) is 55.7 Å². The Morgan fingerprint density at radius 2 is 2.27 bits per heavy atom. The monoisotopic (exact) mass is 304 g/mol. The number of piperazine rings is 1. The van der Waals surface area contributed by atoms with Crippen molar-refractivity contribution >= 4 is 11.8 Å². The highest BCUT2D eigenvalue weighted by Gasteiger charge is 2.25. The molecule has 2 aliphatic rings. The highest BCUT2D eigenvalue weighted by molar-refractivity contribution is 5.99. The molecule has 2 heterocycles. The Bertz CT molecular complexity index is 555. The molecule has 0 spiro atoms. The lowest BCUT2D eigenvalue weighted by atomic mass is 10.1. The summed E-state index contributed by atoms with van der Waals surface area (Å²) in [7, 11) is 0. The Labute approximate surface area is 129 Å². The number of rotatable bonds is 4. The molecule has 0 saturated carbocycles. The zero-order valence-electron chi connectivity index (χ0n) is 12.4. The van der Waals surface area contributed by atoms with Crippen LogP contribution < -0.4 is 10.1 Å². The van der Waals surface area contributed by atoms with E-state index in [0.29, 0.717) is 31.0 Å². The Hall–Kier alpha value is -2.08. The maximum Gasteiger partial charge on any atom is 0.258 e. The molecule has 0 aromatic heterocycles. The van der Waals surface area contributed by atoms with Gasteiger partial charge in [-0.2, -0.15) is 0 Å². The predicted octanol–water partition coefficient (Wildman–Crippen LogP) is 0.816. The molecular formula is C16H20N2O4. The van der Waals surface area contributed by atoms with Gasteiger partial charge in [0.25, 0.3) is 5.91 Å². The minimum absolute atomic E-state index is 0.0961. The second-order valence-electron chi connectivity index (χ2n) is 5.52. The summed E-state index contributed by atoms with van der Waals surface area (Å²) < 4.78 is 11.3. The Balaban J connectivity index is 1.69. The summed E-state index contributed by atoms with van der Waals surface area (Å²) >= 11 is 0. The van der Waals surface area contributed by atoms with Crippen LogP contribution in [0, 0.1) is 0 Å². The van der Waals surface area contributed by atoms with E-state index in [1.165, 1.54) is 0 Å². The number of carbonyl (C=O) groups is 2. The second kappa shape index (κ2) is 6.79. The molecule has 2 saturated heterocycles. The number of benzene rings is 1. The lowest BCUT2D eigenvalue weighted by Crippen LogP contribution is -2.50. The highest BCUT2D eigenvalue weighted by atomic mass is 16.5. The maximum atomic E-state index is 12.6. The number of hydrogen-bond acceptors (Lipinski definition) is 4. The number of amides is 2. The van der Waals surface area contributed by atoms with E-state index in [1.807, 2.05) is 6.07 Å². The van der Waals surface area contributed by atoms with Gasteiger partial charge in [-0.05, 0) is 25.0 Å². The zero-order chi connectivity index (χ0) is 15.4. The van der Waals surface area contributed by atoms with Crippen LogP contribution in [0.25, 0.3) is 0 Å². The molecule has 2 amide bonds. The van der Waals surface area contributed by atoms with Crippen LogP contribution in [-0.2, 0) is 9.53 Å². The van der Waals surface area contributed by atoms with E-state index in [9.17, 15) is 9.59 Å². The van der Waals surface area contributed by atoms with Crippen molar-refractivity contribution in [2.24, 2.45) is 0 Å². The number of para-hydroxylation sites is 1. The van der Waals surface area contributed by atoms with Crippen LogP contribution in [0.3, 0.4) is 0 Å². The number of nitrogens with zero attached hydrogens (tertiary/aromatic N) is 1. The molecule has 0 unspecified atom stereocenters. The van der Waals surface area contributed by atoms with Crippen LogP contribution >= 0.6 is 0 Å². The molecule has 1 N–H and O–H groups in total. The lowest BCUT2D eigenvalue weighted by Gasteiger charge is -2.27. The van der Waals surface area contributed by atoms with Gasteiger partial charge in [0.05, 0.1) is 18.2 Å². The smallest absolute Gasteiger partial charge is 0.258 e. The summed E-state index contributed by atoms with van der Waals surface area (Å²) in [6.45, 7) is 2.33. The van der Waals surface area contributed by atoms with Crippen molar-refractivity contribution in [1.29, 1.82) is 0 Å². The number of nitrogens with one attached hydrogen (secondary N) is 1. The van der Waals surface area contributed by atoms with Gasteiger partial charge in [-0.25, -0.2) is 0 Å². The third-order valence-corrected chi connectivity index (χ3v) is 3.89. The minimum atomic E-state index is -0.169. The van der Waals surface area contributed by atoms with Gasteiger partial charge < -0.3 is 19.7 Å². The van der Waals surface area contributed by atoms with Crippen molar-refractivity contribution in [1.82, 2.24) is 10.2 Å². The number of ether oxygens (including phenoxy) is 2. The average Bonchev–Trinajstić information content (AvgIpc) is 3.06. The van der Waals surface area contributed by atoms with E-state index in [0.717, 1.165) is 19.4 Å². The predicted molar refractivity (Wildman–Crippen MR) is 79.8 cm³/mol. The Kier molecular flexibility index (Phi) is 4.58. The minimum Gasteiger partial charge on any atom is -0.490 e. The molecule has 0 bridgehead atoms. The van der Waals surface area contributed by atoms with Gasteiger partial charge in [0.1, 0.15) is 12.4 Å². The van der Waals surface area contributed by atoms with Crippen molar-refractivity contribution in [2.75, 3.05) is 32.8 Å². The van der Waals surface area contributed by atoms with E-state index in [-0.39, 0.29) is 24.5 Å². The fraction of sp³-hybridized carbons (Fsp3) is 0.500. The lowest BCUT2D eigenvalue weighted by molar-refractivity contribution is -0.123. The Morgan fingerprint density at radius 1 is 1.41 bits per heavy atom. The Morgan fingerprint density at radius 3 is 3.05 bits per heavy atom. The fourth-order valence-corrected chi connectivity index (χ4v) is 2.71. The number of hydrogen-bond donors (Lipinski definition) is 1. The van der Waals surface area contributed by atoms with Crippen molar-refractivity contribution in [3.8, 4) is 5.75 Å². The first kappa shape index (κ1) is 14.8. The van der Waals surface area contributed by atoms with Crippen LogP contribution in [0.2, 0.25) is 0 Å². The second-order valence-corrected chi connectivity index (χ2v) is 5.52. The number of carbonyl (C=O) groups excluding carboxylic acids is 2. The van der Waals surface area contributed by atoms with Gasteiger partial charge in [-0.15, -0.1) is 0 Å². The maximum absolute atomic E-state index is 12.6. The van der Waals surface area contributed by atoms with Gasteiger partial charge in [0.15, 0.2) is 0 Å². The molecule has 6 nitrogen and oxygen atoms in total. The summed E-state index contributed by atoms with van der Waals surface area (Å²) in [6, 6.07) is 7.16. The molecule has 1 aromatic rings. The topological polar surface area (TPSA) is 67.9 Å². The zero-order valence-corrected chi connectivity index (χ0v) is 12.4. The third kappa shape index (κ3) is 3.39. The van der Waals surface area contributed by atoms with Crippen LogP contribution in [0.4, 0.5) is 0 Å². The molecule has 3 rings (SSSR count). The standard InChI is InChI=1S/C16H20N2O4/c19-15-10-18(8-7-17-15)16(20)13-5-1-2-6-14(13)22-11-12-4-3-9-21-12/h1-2,5-6,12H,3-4,7-11H2,(H,17,19)/t12-/m0/s1. The fourth-order valence-electron chi connectivity index (χ4n) is 2.71. The van der Waals surface area contributed by atoms with Gasteiger partial charge in [0, 0.05) is 19.7 Å². The van der Waals surface area contributed by atoms with Crippen LogP contribution in [0.15, 0.2) is 24.3 Å². The largest absolute Gasteiger partial charge is 0.490 e. The summed E-state index contributed by atoms with van der Waals surface area (Å²) in [5.41, 5.74) is 0.496. The van der Waals surface area contributed by atoms with Crippen LogP contribution in [0.5, 0.6) is 5.75 Å². The van der Waals surface area contributed by atoms with Gasteiger partial charge in [-0.3, -0.25) is 9.59 Å². The summed E-state index contributed by atoms with van der Waals surface area (Å²) in [6.07, 6.45) is 2.14. The van der Waals surface area contributed by atoms with Crippen molar-refractivity contribution in [3.63, 3.8) is 0 Å². The quantitative estimate of drug-likeness (QED) is 0.894. The summed E-state index contributed by atoms with van der Waals surface area (Å²) in [5.74, 6) is 0.254. The third-order valence-electron chi connectivity index (χ3n) is 3.89. The molecule has 1 aromatic carbocycles. The SMILES string of the molecule is O=C1CN(C(=O)c2ccccc2OC[C@@H]2CCCO2)CCN1. The first-order chi connectivity index (χ1) is 10.7. The highest BCUT2D eigenvalue weighted by Crippen LogP contribution is 2.22. The molecule has 0 radical (unpaired) electrons. The average molecular weight is 304 g/mol. The molecular weight excluding hydrogens is 284 g/mol. The molecule has 2 aliphatic heterocycles. The van der Waals surface area contributed by atoms with Gasteiger partial charge in [-0.1, -0.05) is 12.1 Å². The first-order valence-corrected chi connectivity index (χ1v) is 7.63. The van der Waals surface area contributed by atoms with Gasteiger partial charge >= 0.3 is 0 Å².